The molecule has 0 bridgehead atoms. The van der Waals surface area contributed by atoms with Crippen LogP contribution in [0.3, 0.4) is 0 Å². The topological polar surface area (TPSA) is 72.5 Å². The van der Waals surface area contributed by atoms with Gasteiger partial charge < -0.3 is 15.6 Å². The predicted octanol–water partition coefficient (Wildman–Crippen LogP) is 2.18. The summed E-state index contributed by atoms with van der Waals surface area (Å²) in [7, 11) is 0. The maximum Gasteiger partial charge on any atom is 0.573 e. The van der Waals surface area contributed by atoms with Crippen LogP contribution in [-0.2, 0) is 11.2 Å². The number of rotatable bonds is 3. The van der Waals surface area contributed by atoms with Crippen molar-refractivity contribution in [2.24, 2.45) is 5.73 Å². The zero-order chi connectivity index (χ0) is 14.2. The van der Waals surface area contributed by atoms with Crippen LogP contribution in [0.15, 0.2) is 24.3 Å². The molecule has 4 nitrogen and oxygen atoms in total. The average Bonchev–Trinajstić information content (AvgIpc) is 2.18. The van der Waals surface area contributed by atoms with Crippen LogP contribution in [0.2, 0.25) is 0 Å². The Kier molecular flexibility index (Phi) is 6.81. The van der Waals surface area contributed by atoms with Gasteiger partial charge in [0.05, 0.1) is 0 Å². The molecule has 0 saturated carbocycles. The SMILES string of the molecule is CC(=O)O.NCCc1ccc(OC(F)(F)F)cc1. The van der Waals surface area contributed by atoms with E-state index in [1.54, 1.807) is 12.1 Å². The van der Waals surface area contributed by atoms with Crippen molar-refractivity contribution in [2.45, 2.75) is 19.7 Å². The van der Waals surface area contributed by atoms with Gasteiger partial charge in [0.15, 0.2) is 0 Å². The summed E-state index contributed by atoms with van der Waals surface area (Å²) >= 11 is 0. The van der Waals surface area contributed by atoms with E-state index in [2.05, 4.69) is 4.74 Å². The first-order valence-corrected chi connectivity index (χ1v) is 4.99. The van der Waals surface area contributed by atoms with Crippen molar-refractivity contribution in [3.8, 4) is 5.75 Å². The molecule has 1 aromatic rings. The van der Waals surface area contributed by atoms with E-state index in [-0.39, 0.29) is 5.75 Å². The van der Waals surface area contributed by atoms with Crippen molar-refractivity contribution in [1.29, 1.82) is 0 Å². The Morgan fingerprint density at radius 1 is 1.33 bits per heavy atom. The lowest BCUT2D eigenvalue weighted by Gasteiger charge is -2.08. The number of benzene rings is 1. The van der Waals surface area contributed by atoms with Crippen LogP contribution in [0.1, 0.15) is 12.5 Å². The van der Waals surface area contributed by atoms with Crippen LogP contribution in [-0.4, -0.2) is 24.0 Å². The highest BCUT2D eigenvalue weighted by atomic mass is 19.4. The first kappa shape index (κ1) is 16.2. The molecule has 102 valence electrons. The quantitative estimate of drug-likeness (QED) is 0.878. The third-order valence-corrected chi connectivity index (χ3v) is 1.59. The fourth-order valence-corrected chi connectivity index (χ4v) is 1.02. The van der Waals surface area contributed by atoms with Gasteiger partial charge in [0.1, 0.15) is 5.75 Å². The smallest absolute Gasteiger partial charge is 0.481 e. The van der Waals surface area contributed by atoms with Crippen LogP contribution >= 0.6 is 0 Å². The van der Waals surface area contributed by atoms with Gasteiger partial charge in [0.25, 0.3) is 5.97 Å². The summed E-state index contributed by atoms with van der Waals surface area (Å²) in [6, 6.07) is 5.68. The molecule has 0 fully saturated rings. The molecule has 18 heavy (non-hydrogen) atoms. The molecule has 1 rings (SSSR count). The lowest BCUT2D eigenvalue weighted by atomic mass is 10.1. The monoisotopic (exact) mass is 265 g/mol. The minimum Gasteiger partial charge on any atom is -0.481 e. The molecule has 7 heteroatoms. The van der Waals surface area contributed by atoms with Crippen molar-refractivity contribution < 1.29 is 27.8 Å². The molecule has 0 atom stereocenters. The highest BCUT2D eigenvalue weighted by Crippen LogP contribution is 2.22. The molecule has 3 N–H and O–H groups in total. The Hall–Kier alpha value is -1.76. The van der Waals surface area contributed by atoms with E-state index in [0.717, 1.165) is 12.5 Å². The van der Waals surface area contributed by atoms with E-state index in [1.165, 1.54) is 12.1 Å². The van der Waals surface area contributed by atoms with Gasteiger partial charge in [-0.15, -0.1) is 13.2 Å². The number of carboxylic acid groups (broad SMARTS) is 1. The summed E-state index contributed by atoms with van der Waals surface area (Å²) in [5.41, 5.74) is 6.18. The van der Waals surface area contributed by atoms with Crippen LogP contribution in [0.4, 0.5) is 13.2 Å². The largest absolute Gasteiger partial charge is 0.573 e. The number of carbonyl (C=O) groups is 1. The third-order valence-electron chi connectivity index (χ3n) is 1.59. The standard InChI is InChI=1S/C9H10F3NO.C2H4O2/c10-9(11,12)14-8-3-1-7(2-4-8)5-6-13;1-2(3)4/h1-4H,5-6,13H2;1H3,(H,3,4). The molecule has 0 amide bonds. The molecule has 0 spiro atoms. The Bertz CT molecular complexity index is 359. The number of halogens is 3. The van der Waals surface area contributed by atoms with E-state index < -0.39 is 12.3 Å². The number of carboxylic acids is 1. The Morgan fingerprint density at radius 3 is 2.11 bits per heavy atom. The van der Waals surface area contributed by atoms with Gasteiger partial charge in [-0.3, -0.25) is 4.79 Å². The summed E-state index contributed by atoms with van der Waals surface area (Å²) in [5, 5.41) is 7.42. The average molecular weight is 265 g/mol. The minimum atomic E-state index is -4.63. The van der Waals surface area contributed by atoms with Gasteiger partial charge in [-0.2, -0.15) is 0 Å². The fourth-order valence-electron chi connectivity index (χ4n) is 1.02. The molecule has 0 aliphatic carbocycles. The zero-order valence-electron chi connectivity index (χ0n) is 9.70. The first-order chi connectivity index (χ1) is 8.24. The van der Waals surface area contributed by atoms with E-state index in [1.807, 2.05) is 0 Å². The van der Waals surface area contributed by atoms with Gasteiger partial charge >= 0.3 is 6.36 Å². The number of ether oxygens (including phenoxy) is 1. The second-order valence-corrected chi connectivity index (χ2v) is 3.25. The number of hydrogen-bond acceptors (Lipinski definition) is 3. The lowest BCUT2D eigenvalue weighted by Crippen LogP contribution is -2.17. The van der Waals surface area contributed by atoms with Gasteiger partial charge in [0, 0.05) is 6.92 Å². The highest BCUT2D eigenvalue weighted by Gasteiger charge is 2.30. The Morgan fingerprint density at radius 2 is 1.78 bits per heavy atom. The predicted molar refractivity (Wildman–Crippen MR) is 59.2 cm³/mol. The molecule has 1 aromatic carbocycles. The molecule has 0 aliphatic heterocycles. The first-order valence-electron chi connectivity index (χ1n) is 4.99. The second-order valence-electron chi connectivity index (χ2n) is 3.25. The third kappa shape index (κ3) is 9.46. The number of nitrogens with two attached hydrogens (primary N) is 1. The summed E-state index contributed by atoms with van der Waals surface area (Å²) in [6.07, 6.45) is -3.98. The summed E-state index contributed by atoms with van der Waals surface area (Å²) in [6.45, 7) is 1.56. The van der Waals surface area contributed by atoms with Crippen molar-refractivity contribution in [2.75, 3.05) is 6.54 Å². The highest BCUT2D eigenvalue weighted by molar-refractivity contribution is 5.62. The van der Waals surface area contributed by atoms with Gasteiger partial charge in [-0.25, -0.2) is 0 Å². The van der Waals surface area contributed by atoms with Crippen LogP contribution in [0.25, 0.3) is 0 Å². The summed E-state index contributed by atoms with van der Waals surface area (Å²) < 4.78 is 38.9. The van der Waals surface area contributed by atoms with E-state index in [9.17, 15) is 13.2 Å². The number of hydrogen-bond donors (Lipinski definition) is 2. The normalized spacial score (nSPS) is 10.3. The Labute approximate surface area is 102 Å². The molecule has 0 unspecified atom stereocenters. The molecule has 0 heterocycles. The van der Waals surface area contributed by atoms with Gasteiger partial charge in [-0.05, 0) is 30.7 Å². The van der Waals surface area contributed by atoms with E-state index in [0.29, 0.717) is 13.0 Å². The molecule has 0 aromatic heterocycles. The summed E-state index contributed by atoms with van der Waals surface area (Å²) in [4.78, 5) is 9.00. The van der Waals surface area contributed by atoms with Gasteiger partial charge in [0.2, 0.25) is 0 Å². The van der Waals surface area contributed by atoms with Crippen molar-refractivity contribution in [1.82, 2.24) is 0 Å². The van der Waals surface area contributed by atoms with Crippen molar-refractivity contribution in [3.63, 3.8) is 0 Å². The Balaban J connectivity index is 0.000000631. The van der Waals surface area contributed by atoms with Crippen LogP contribution in [0.5, 0.6) is 5.75 Å². The molecule has 0 aliphatic rings. The fraction of sp³-hybridized carbons (Fsp3) is 0.364. The second kappa shape index (κ2) is 7.54. The lowest BCUT2D eigenvalue weighted by molar-refractivity contribution is -0.274. The number of aliphatic carboxylic acids is 1. The number of alkyl halides is 3. The summed E-state index contributed by atoms with van der Waals surface area (Å²) in [5.74, 6) is -1.04. The maximum absolute atomic E-state index is 11.7. The van der Waals surface area contributed by atoms with E-state index >= 15 is 0 Å². The van der Waals surface area contributed by atoms with Crippen molar-refractivity contribution in [3.05, 3.63) is 29.8 Å². The molecular weight excluding hydrogens is 251 g/mol. The van der Waals surface area contributed by atoms with Crippen LogP contribution < -0.4 is 10.5 Å². The molecular formula is C11H14F3NO3. The van der Waals surface area contributed by atoms with Crippen LogP contribution in [0, 0.1) is 0 Å². The molecule has 0 radical (unpaired) electrons. The molecule has 0 saturated heterocycles. The maximum atomic E-state index is 11.7. The van der Waals surface area contributed by atoms with Gasteiger partial charge in [-0.1, -0.05) is 12.1 Å². The van der Waals surface area contributed by atoms with E-state index in [4.69, 9.17) is 15.6 Å². The minimum absolute atomic E-state index is 0.210. The van der Waals surface area contributed by atoms with Crippen molar-refractivity contribution >= 4 is 5.97 Å². The zero-order valence-corrected chi connectivity index (χ0v) is 9.70.